The maximum Gasteiger partial charge on any atom is 0.227 e. The number of hydrogen-bond donors (Lipinski definition) is 2. The monoisotopic (exact) mass is 374 g/mol. The number of nitrogen functional groups attached to an aromatic ring is 1. The fourth-order valence-corrected chi connectivity index (χ4v) is 2.98. The fraction of sp³-hybridized carbons (Fsp3) is 0.312. The number of rotatable bonds is 3. The smallest absolute Gasteiger partial charge is 0.227 e. The van der Waals surface area contributed by atoms with Crippen LogP contribution in [-0.2, 0) is 4.79 Å². The second-order valence-corrected chi connectivity index (χ2v) is 6.05. The van der Waals surface area contributed by atoms with Crippen molar-refractivity contribution in [2.24, 2.45) is 5.92 Å². The van der Waals surface area contributed by atoms with Crippen molar-refractivity contribution in [3.63, 3.8) is 0 Å². The number of halogens is 1. The van der Waals surface area contributed by atoms with E-state index in [0.717, 1.165) is 37.4 Å². The van der Waals surface area contributed by atoms with Crippen molar-refractivity contribution in [2.45, 2.75) is 12.8 Å². The van der Waals surface area contributed by atoms with Crippen LogP contribution in [-0.4, -0.2) is 43.8 Å². The van der Waals surface area contributed by atoms with Crippen molar-refractivity contribution >= 4 is 41.3 Å². The van der Waals surface area contributed by atoms with Gasteiger partial charge in [-0.25, -0.2) is 4.98 Å². The summed E-state index contributed by atoms with van der Waals surface area (Å²) in [5.74, 6) is 1.30. The van der Waals surface area contributed by atoms with Gasteiger partial charge in [-0.1, -0.05) is 0 Å². The van der Waals surface area contributed by atoms with Gasteiger partial charge in [0.2, 0.25) is 5.91 Å². The number of hydrogen-bond acceptors (Lipinski definition) is 7. The Morgan fingerprint density at radius 3 is 2.73 bits per heavy atom. The average Bonchev–Trinajstić information content (AvgIpc) is 3.11. The molecule has 1 aliphatic heterocycles. The quantitative estimate of drug-likeness (QED) is 0.711. The average molecular weight is 375 g/mol. The topological polar surface area (TPSA) is 114 Å². The number of amides is 1. The Hall–Kier alpha value is -2.94. The van der Waals surface area contributed by atoms with Crippen LogP contribution in [0.15, 0.2) is 36.8 Å². The highest BCUT2D eigenvalue weighted by Gasteiger charge is 2.26. The van der Waals surface area contributed by atoms with Gasteiger partial charge in [-0.15, -0.1) is 27.7 Å². The van der Waals surface area contributed by atoms with E-state index >= 15 is 0 Å². The lowest BCUT2D eigenvalue weighted by molar-refractivity contribution is -0.120. The van der Waals surface area contributed by atoms with E-state index in [0.29, 0.717) is 11.5 Å². The van der Waals surface area contributed by atoms with E-state index in [-0.39, 0.29) is 24.2 Å². The number of nitrogens with one attached hydrogen (secondary N) is 1. The van der Waals surface area contributed by atoms with Crippen LogP contribution in [0.5, 0.6) is 0 Å². The van der Waals surface area contributed by atoms with E-state index in [1.54, 1.807) is 29.2 Å². The zero-order valence-corrected chi connectivity index (χ0v) is 14.8. The normalized spacial score (nSPS) is 14.8. The molecule has 1 saturated heterocycles. The van der Waals surface area contributed by atoms with Crippen molar-refractivity contribution in [3.05, 3.63) is 36.8 Å². The molecule has 3 aromatic rings. The highest BCUT2D eigenvalue weighted by atomic mass is 35.5. The molecule has 136 valence electrons. The van der Waals surface area contributed by atoms with Gasteiger partial charge >= 0.3 is 0 Å². The van der Waals surface area contributed by atoms with E-state index < -0.39 is 0 Å². The molecule has 0 spiro atoms. The Labute approximate surface area is 156 Å². The number of piperidine rings is 1. The Bertz CT molecular complexity index is 889. The summed E-state index contributed by atoms with van der Waals surface area (Å²) in [7, 11) is 0. The van der Waals surface area contributed by atoms with Crippen molar-refractivity contribution in [1.29, 1.82) is 0 Å². The molecule has 0 radical (unpaired) electrons. The first-order chi connectivity index (χ1) is 12.2. The molecule has 0 atom stereocenters. The summed E-state index contributed by atoms with van der Waals surface area (Å²) in [5, 5.41) is 15.2. The van der Waals surface area contributed by atoms with Gasteiger partial charge in [0.15, 0.2) is 5.65 Å². The zero-order valence-electron chi connectivity index (χ0n) is 13.9. The predicted molar refractivity (Wildman–Crippen MR) is 100 cm³/mol. The molecule has 3 N–H and O–H groups in total. The van der Waals surface area contributed by atoms with E-state index in [1.165, 1.54) is 0 Å². The first-order valence-electron chi connectivity index (χ1n) is 8.13. The fourth-order valence-electron chi connectivity index (χ4n) is 2.98. The minimum absolute atomic E-state index is 0. The third kappa shape index (κ3) is 3.67. The van der Waals surface area contributed by atoms with E-state index in [4.69, 9.17) is 5.73 Å². The van der Waals surface area contributed by atoms with E-state index in [1.807, 2.05) is 12.1 Å². The first kappa shape index (κ1) is 17.9. The Kier molecular flexibility index (Phi) is 5.17. The molecular weight excluding hydrogens is 356 g/mol. The number of carbonyl (C=O) groups excluding carboxylic acids is 1. The Balaban J connectivity index is 0.00000196. The molecule has 0 unspecified atom stereocenters. The van der Waals surface area contributed by atoms with Gasteiger partial charge in [0.05, 0.1) is 11.9 Å². The molecule has 4 heterocycles. The summed E-state index contributed by atoms with van der Waals surface area (Å²) in [6.45, 7) is 1.55. The van der Waals surface area contributed by atoms with Crippen LogP contribution in [0.3, 0.4) is 0 Å². The van der Waals surface area contributed by atoms with Gasteiger partial charge < -0.3 is 16.0 Å². The molecule has 0 aliphatic carbocycles. The largest absolute Gasteiger partial charge is 0.384 e. The van der Waals surface area contributed by atoms with Gasteiger partial charge in [0.1, 0.15) is 18.0 Å². The third-order valence-electron chi connectivity index (χ3n) is 4.39. The molecule has 1 fully saturated rings. The highest BCUT2D eigenvalue weighted by Crippen LogP contribution is 2.23. The standard InChI is InChI=1S/C16H18N8O.ClH/c17-13-2-1-12(9-18-13)20-16(25)11-5-7-23(8-6-11)15-4-3-14-21-19-10-24(14)22-15;/h1-4,9-11H,5-8H2,(H2,17,18)(H,20,25);1H. The van der Waals surface area contributed by atoms with Crippen LogP contribution in [0.25, 0.3) is 5.65 Å². The summed E-state index contributed by atoms with van der Waals surface area (Å²) in [5.41, 5.74) is 6.94. The number of pyridine rings is 1. The predicted octanol–water partition coefficient (Wildman–Crippen LogP) is 1.38. The van der Waals surface area contributed by atoms with Crippen molar-refractivity contribution in [3.8, 4) is 0 Å². The van der Waals surface area contributed by atoms with Crippen molar-refractivity contribution < 1.29 is 4.79 Å². The summed E-state index contributed by atoms with van der Waals surface area (Å²) in [6, 6.07) is 7.26. The number of nitrogens with zero attached hydrogens (tertiary/aromatic N) is 6. The molecule has 0 bridgehead atoms. The number of fused-ring (bicyclic) bond motifs is 1. The van der Waals surface area contributed by atoms with Gasteiger partial charge in [-0.05, 0) is 37.1 Å². The first-order valence-corrected chi connectivity index (χ1v) is 8.13. The van der Waals surface area contributed by atoms with Crippen molar-refractivity contribution in [2.75, 3.05) is 29.0 Å². The minimum Gasteiger partial charge on any atom is -0.384 e. The van der Waals surface area contributed by atoms with E-state index in [9.17, 15) is 4.79 Å². The van der Waals surface area contributed by atoms with Crippen molar-refractivity contribution in [1.82, 2.24) is 24.8 Å². The number of carbonyl (C=O) groups is 1. The molecule has 0 saturated carbocycles. The maximum atomic E-state index is 12.4. The van der Waals surface area contributed by atoms with Crippen LogP contribution >= 0.6 is 12.4 Å². The highest BCUT2D eigenvalue weighted by molar-refractivity contribution is 5.92. The summed E-state index contributed by atoms with van der Waals surface area (Å²) in [4.78, 5) is 18.6. The molecule has 26 heavy (non-hydrogen) atoms. The summed E-state index contributed by atoms with van der Waals surface area (Å²) >= 11 is 0. The molecule has 3 aromatic heterocycles. The molecule has 1 aliphatic rings. The molecule has 0 aromatic carbocycles. The van der Waals surface area contributed by atoms with Crippen LogP contribution < -0.4 is 16.0 Å². The second-order valence-electron chi connectivity index (χ2n) is 6.05. The molecule has 9 nitrogen and oxygen atoms in total. The summed E-state index contributed by atoms with van der Waals surface area (Å²) < 4.78 is 1.65. The lowest BCUT2D eigenvalue weighted by Gasteiger charge is -2.31. The molecule has 1 amide bonds. The Morgan fingerprint density at radius 1 is 1.19 bits per heavy atom. The number of nitrogens with two attached hydrogens (primary N) is 1. The van der Waals surface area contributed by atoms with Crippen LogP contribution in [0.1, 0.15) is 12.8 Å². The van der Waals surface area contributed by atoms with Crippen LogP contribution in [0.4, 0.5) is 17.3 Å². The SMILES string of the molecule is Cl.Nc1ccc(NC(=O)C2CCN(c3ccc4nncn4n3)CC2)cn1. The number of aromatic nitrogens is 5. The second kappa shape index (κ2) is 7.52. The van der Waals surface area contributed by atoms with Gasteiger partial charge in [-0.2, -0.15) is 4.52 Å². The van der Waals surface area contributed by atoms with Gasteiger partial charge in [0.25, 0.3) is 0 Å². The molecule has 4 rings (SSSR count). The lowest BCUT2D eigenvalue weighted by Crippen LogP contribution is -2.38. The van der Waals surface area contributed by atoms with E-state index in [2.05, 4.69) is 30.5 Å². The zero-order chi connectivity index (χ0) is 17.2. The summed E-state index contributed by atoms with van der Waals surface area (Å²) in [6.07, 6.45) is 4.70. The van der Waals surface area contributed by atoms with Gasteiger partial charge in [-0.3, -0.25) is 4.79 Å². The lowest BCUT2D eigenvalue weighted by atomic mass is 9.96. The minimum atomic E-state index is -0.0209. The van der Waals surface area contributed by atoms with Crippen LogP contribution in [0, 0.1) is 5.92 Å². The molecular formula is C16H19ClN8O. The third-order valence-corrected chi connectivity index (χ3v) is 4.39. The molecule has 10 heteroatoms. The Morgan fingerprint density at radius 2 is 2.00 bits per heavy atom. The maximum absolute atomic E-state index is 12.4. The van der Waals surface area contributed by atoms with Crippen LogP contribution in [0.2, 0.25) is 0 Å². The van der Waals surface area contributed by atoms with Gasteiger partial charge in [0, 0.05) is 19.0 Å². The number of anilines is 3.